The van der Waals surface area contributed by atoms with Crippen molar-refractivity contribution in [1.29, 1.82) is 0 Å². The van der Waals surface area contributed by atoms with Crippen LogP contribution in [0.2, 0.25) is 0 Å². The van der Waals surface area contributed by atoms with Crippen LogP contribution in [-0.2, 0) is 0 Å². The van der Waals surface area contributed by atoms with Gasteiger partial charge in [-0.1, -0.05) is 37.5 Å². The Morgan fingerprint density at radius 3 is 2.67 bits per heavy atom. The van der Waals surface area contributed by atoms with E-state index in [4.69, 9.17) is 0 Å². The highest BCUT2D eigenvalue weighted by Gasteiger charge is 2.04. The molecule has 0 radical (unpaired) electrons. The summed E-state index contributed by atoms with van der Waals surface area (Å²) in [6.07, 6.45) is 2.83. The van der Waals surface area contributed by atoms with E-state index in [0.717, 1.165) is 12.0 Å². The van der Waals surface area contributed by atoms with Crippen LogP contribution in [-0.4, -0.2) is 5.66 Å². The first-order valence-electron chi connectivity index (χ1n) is 4.92. The smallest absolute Gasteiger partial charge is 0.123 e. The first-order chi connectivity index (χ1) is 7.02. The summed E-state index contributed by atoms with van der Waals surface area (Å²) in [5.74, 6) is 5.67. The molecule has 0 bridgehead atoms. The molecule has 0 aliphatic heterocycles. The van der Waals surface area contributed by atoms with E-state index in [9.17, 15) is 4.39 Å². The van der Waals surface area contributed by atoms with E-state index in [1.54, 1.807) is 6.92 Å². The molecule has 0 aromatic rings. The molecule has 0 aliphatic rings. The van der Waals surface area contributed by atoms with Gasteiger partial charge in [0.05, 0.1) is 5.66 Å². The SMILES string of the molecule is C=C/C(F)=C(/C)C(P)C#CCC(=C)CC. The van der Waals surface area contributed by atoms with Crippen LogP contribution in [0.5, 0.6) is 0 Å². The fourth-order valence-electron chi connectivity index (χ4n) is 0.829. The summed E-state index contributed by atoms with van der Waals surface area (Å²) in [6.45, 7) is 11.0. The first-order valence-corrected chi connectivity index (χ1v) is 5.58. The zero-order valence-corrected chi connectivity index (χ0v) is 10.6. The van der Waals surface area contributed by atoms with Crippen molar-refractivity contribution in [3.8, 4) is 11.8 Å². The standard InChI is InChI=1S/C13H18FP/c1-5-10(3)8-7-9-13(15)11(4)12(14)6-2/h6,13H,2-3,5,8,15H2,1,4H3/b12-11+. The summed E-state index contributed by atoms with van der Waals surface area (Å²) in [6, 6.07) is 0. The lowest BCUT2D eigenvalue weighted by Gasteiger charge is -2.04. The van der Waals surface area contributed by atoms with Crippen molar-refractivity contribution < 1.29 is 4.39 Å². The van der Waals surface area contributed by atoms with Crippen molar-refractivity contribution in [2.75, 3.05) is 0 Å². The maximum absolute atomic E-state index is 13.1. The Kier molecular flexibility index (Phi) is 7.01. The van der Waals surface area contributed by atoms with E-state index in [1.807, 2.05) is 6.92 Å². The Balaban J connectivity index is 4.42. The summed E-state index contributed by atoms with van der Waals surface area (Å²) in [5, 5.41) is 0. The molecule has 0 fully saturated rings. The first kappa shape index (κ1) is 14.1. The minimum atomic E-state index is -0.293. The van der Waals surface area contributed by atoms with Crippen LogP contribution in [0.1, 0.15) is 26.7 Å². The van der Waals surface area contributed by atoms with Gasteiger partial charge >= 0.3 is 0 Å². The van der Waals surface area contributed by atoms with Crippen LogP contribution < -0.4 is 0 Å². The summed E-state index contributed by atoms with van der Waals surface area (Å²) in [4.78, 5) is 0. The van der Waals surface area contributed by atoms with Gasteiger partial charge in [0.2, 0.25) is 0 Å². The maximum atomic E-state index is 13.1. The zero-order valence-electron chi connectivity index (χ0n) is 9.44. The number of hydrogen-bond donors (Lipinski definition) is 0. The molecule has 0 rings (SSSR count). The lowest BCUT2D eigenvalue weighted by Crippen LogP contribution is -1.97. The fourth-order valence-corrected chi connectivity index (χ4v) is 1.11. The van der Waals surface area contributed by atoms with E-state index in [-0.39, 0.29) is 11.5 Å². The summed E-state index contributed by atoms with van der Waals surface area (Å²) >= 11 is 0. The third kappa shape index (κ3) is 5.55. The van der Waals surface area contributed by atoms with E-state index < -0.39 is 0 Å². The maximum Gasteiger partial charge on any atom is 0.123 e. The third-order valence-electron chi connectivity index (χ3n) is 2.12. The molecule has 82 valence electrons. The van der Waals surface area contributed by atoms with Crippen LogP contribution in [0.4, 0.5) is 4.39 Å². The molecule has 0 saturated heterocycles. The van der Waals surface area contributed by atoms with Gasteiger partial charge in [-0.15, -0.1) is 9.24 Å². The summed E-state index contributed by atoms with van der Waals surface area (Å²) < 4.78 is 13.1. The minimum absolute atomic E-state index is 0.146. The molecule has 0 aromatic heterocycles. The van der Waals surface area contributed by atoms with Crippen molar-refractivity contribution in [1.82, 2.24) is 0 Å². The number of halogens is 1. The predicted octanol–water partition coefficient (Wildman–Crippen LogP) is 4.02. The molecule has 0 aromatic carbocycles. The van der Waals surface area contributed by atoms with Crippen molar-refractivity contribution in [3.05, 3.63) is 36.2 Å². The normalized spacial score (nSPS) is 13.3. The topological polar surface area (TPSA) is 0 Å². The van der Waals surface area contributed by atoms with Crippen LogP contribution in [0.25, 0.3) is 0 Å². The van der Waals surface area contributed by atoms with Crippen LogP contribution in [0.3, 0.4) is 0 Å². The van der Waals surface area contributed by atoms with Crippen LogP contribution >= 0.6 is 9.24 Å². The average Bonchev–Trinajstić information content (AvgIpc) is 2.26. The van der Waals surface area contributed by atoms with Gasteiger partial charge in [-0.25, -0.2) is 4.39 Å². The van der Waals surface area contributed by atoms with Gasteiger partial charge in [-0.2, -0.15) is 0 Å². The van der Waals surface area contributed by atoms with Gasteiger partial charge in [0.1, 0.15) is 5.83 Å². The average molecular weight is 224 g/mol. The van der Waals surface area contributed by atoms with Crippen LogP contribution in [0, 0.1) is 11.8 Å². The largest absolute Gasteiger partial charge is 0.207 e. The van der Waals surface area contributed by atoms with Gasteiger partial charge in [-0.05, 0) is 25.0 Å². The van der Waals surface area contributed by atoms with E-state index >= 15 is 0 Å². The highest BCUT2D eigenvalue weighted by Crippen LogP contribution is 2.17. The summed E-state index contributed by atoms with van der Waals surface area (Å²) in [5.41, 5.74) is 1.56. The molecule has 15 heavy (non-hydrogen) atoms. The monoisotopic (exact) mass is 224 g/mol. The molecule has 0 N–H and O–H groups in total. The molecule has 0 saturated carbocycles. The Morgan fingerprint density at radius 1 is 1.60 bits per heavy atom. The molecule has 0 heterocycles. The van der Waals surface area contributed by atoms with E-state index in [2.05, 4.69) is 34.2 Å². The lowest BCUT2D eigenvalue weighted by molar-refractivity contribution is 0.653. The van der Waals surface area contributed by atoms with Gasteiger partial charge in [0, 0.05) is 6.42 Å². The molecular formula is C13H18FP. The number of hydrogen-bond acceptors (Lipinski definition) is 0. The molecule has 2 unspecified atom stereocenters. The van der Waals surface area contributed by atoms with E-state index in [1.165, 1.54) is 6.08 Å². The number of rotatable bonds is 4. The highest BCUT2D eigenvalue weighted by molar-refractivity contribution is 7.18. The third-order valence-corrected chi connectivity index (χ3v) is 2.79. The predicted molar refractivity (Wildman–Crippen MR) is 69.3 cm³/mol. The molecular weight excluding hydrogens is 206 g/mol. The molecule has 2 atom stereocenters. The van der Waals surface area contributed by atoms with Crippen molar-refractivity contribution in [3.63, 3.8) is 0 Å². The van der Waals surface area contributed by atoms with Gasteiger partial charge in [-0.3, -0.25) is 0 Å². The van der Waals surface area contributed by atoms with Crippen molar-refractivity contribution >= 4 is 9.24 Å². The molecule has 0 amide bonds. The second-order valence-electron chi connectivity index (χ2n) is 3.31. The molecule has 0 nitrogen and oxygen atoms in total. The van der Waals surface area contributed by atoms with Gasteiger partial charge in [0.15, 0.2) is 0 Å². The zero-order chi connectivity index (χ0) is 11.8. The quantitative estimate of drug-likeness (QED) is 0.293. The second kappa shape index (κ2) is 7.43. The lowest BCUT2D eigenvalue weighted by atomic mass is 10.1. The molecule has 0 aliphatic carbocycles. The van der Waals surface area contributed by atoms with E-state index in [0.29, 0.717) is 12.0 Å². The number of allylic oxidation sites excluding steroid dienone is 4. The van der Waals surface area contributed by atoms with Gasteiger partial charge in [0.25, 0.3) is 0 Å². The summed E-state index contributed by atoms with van der Waals surface area (Å²) in [7, 11) is 2.52. The van der Waals surface area contributed by atoms with Crippen LogP contribution in [0.15, 0.2) is 36.2 Å². The Labute approximate surface area is 94.5 Å². The van der Waals surface area contributed by atoms with Crippen molar-refractivity contribution in [2.45, 2.75) is 32.3 Å². The Hall–Kier alpha value is -0.860. The van der Waals surface area contributed by atoms with Gasteiger partial charge < -0.3 is 0 Å². The van der Waals surface area contributed by atoms with Crippen molar-refractivity contribution in [2.24, 2.45) is 0 Å². The highest BCUT2D eigenvalue weighted by atomic mass is 31.0. The fraction of sp³-hybridized carbons (Fsp3) is 0.385. The Morgan fingerprint density at radius 2 is 2.20 bits per heavy atom. The second-order valence-corrected chi connectivity index (χ2v) is 3.98. The molecule has 2 heteroatoms. The minimum Gasteiger partial charge on any atom is -0.207 e. The molecule has 0 spiro atoms. The Bertz CT molecular complexity index is 328.